The number of aromatic nitrogens is 1. The molecule has 34 heavy (non-hydrogen) atoms. The van der Waals surface area contributed by atoms with Crippen molar-refractivity contribution in [2.75, 3.05) is 0 Å². The summed E-state index contributed by atoms with van der Waals surface area (Å²) in [5.74, 6) is 0. The molecule has 1 heteroatoms. The first-order valence-corrected chi connectivity index (χ1v) is 13.0. The van der Waals surface area contributed by atoms with Crippen LogP contribution in [0, 0.1) is 6.92 Å². The van der Waals surface area contributed by atoms with Crippen molar-refractivity contribution in [3.05, 3.63) is 103 Å². The third-order valence-electron chi connectivity index (χ3n) is 5.04. The van der Waals surface area contributed by atoms with Crippen molar-refractivity contribution in [1.29, 1.82) is 0 Å². The maximum absolute atomic E-state index is 2.37. The molecule has 0 unspecified atom stereocenters. The van der Waals surface area contributed by atoms with Gasteiger partial charge >= 0.3 is 0 Å². The third kappa shape index (κ3) is 6.38. The number of nitrogens with zero attached hydrogens (tertiary/aromatic N) is 1. The first kappa shape index (κ1) is 28.7. The first-order chi connectivity index (χ1) is 16.8. The maximum atomic E-state index is 2.37. The van der Waals surface area contributed by atoms with E-state index in [0.29, 0.717) is 0 Å². The van der Waals surface area contributed by atoms with E-state index in [-0.39, 0.29) is 0 Å². The lowest BCUT2D eigenvalue weighted by Crippen LogP contribution is -1.94. The second kappa shape index (κ2) is 15.5. The Balaban J connectivity index is 0.000000659. The fourth-order valence-corrected chi connectivity index (χ4v) is 3.85. The van der Waals surface area contributed by atoms with Crippen LogP contribution in [0.4, 0.5) is 0 Å². The molecule has 0 atom stereocenters. The minimum absolute atomic E-state index is 1.20. The Morgan fingerprint density at radius 2 is 0.882 bits per heavy atom. The molecular weight excluding hydrogens is 410 g/mol. The Morgan fingerprint density at radius 3 is 1.38 bits per heavy atom. The van der Waals surface area contributed by atoms with Crippen molar-refractivity contribution in [1.82, 2.24) is 4.57 Å². The van der Waals surface area contributed by atoms with Gasteiger partial charge in [-0.25, -0.2) is 0 Å². The quantitative estimate of drug-likeness (QED) is 0.250. The summed E-state index contributed by atoms with van der Waals surface area (Å²) in [6.07, 6.45) is 0. The number of hydrogen-bond acceptors (Lipinski definition) is 0. The zero-order chi connectivity index (χ0) is 25.5. The SMILES string of the molecule is CC.CC.CC.CC.Cc1cccc(-c2cccc(-n3c4ccccc4c4ccccc43)c2)c1. The Kier molecular flexibility index (Phi) is 13.1. The van der Waals surface area contributed by atoms with Gasteiger partial charge in [-0.05, 0) is 42.3 Å². The highest BCUT2D eigenvalue weighted by molar-refractivity contribution is 6.09. The molecule has 1 aromatic heterocycles. The monoisotopic (exact) mass is 453 g/mol. The molecule has 0 saturated heterocycles. The second-order valence-electron chi connectivity index (χ2n) is 6.79. The highest BCUT2D eigenvalue weighted by atomic mass is 15.0. The van der Waals surface area contributed by atoms with Crippen LogP contribution in [-0.2, 0) is 0 Å². The smallest absolute Gasteiger partial charge is 0.0541 e. The minimum atomic E-state index is 1.20. The van der Waals surface area contributed by atoms with Gasteiger partial charge in [-0.1, -0.05) is 134 Å². The van der Waals surface area contributed by atoms with Gasteiger partial charge in [0.15, 0.2) is 0 Å². The van der Waals surface area contributed by atoms with Crippen LogP contribution in [0.25, 0.3) is 38.6 Å². The highest BCUT2D eigenvalue weighted by Crippen LogP contribution is 2.33. The molecule has 0 fully saturated rings. The normalized spacial score (nSPS) is 9.32. The number of para-hydroxylation sites is 2. The van der Waals surface area contributed by atoms with E-state index >= 15 is 0 Å². The highest BCUT2D eigenvalue weighted by Gasteiger charge is 2.11. The average molecular weight is 454 g/mol. The molecular formula is C33H43N. The van der Waals surface area contributed by atoms with Crippen LogP contribution in [0.5, 0.6) is 0 Å². The number of hydrogen-bond donors (Lipinski definition) is 0. The maximum Gasteiger partial charge on any atom is 0.0541 e. The molecule has 0 spiro atoms. The molecule has 0 aliphatic rings. The predicted octanol–water partition coefficient (Wildman–Crippen LogP) is 10.9. The predicted molar refractivity (Wildman–Crippen MR) is 156 cm³/mol. The van der Waals surface area contributed by atoms with Crippen LogP contribution >= 0.6 is 0 Å². The Hall–Kier alpha value is -3.32. The number of rotatable bonds is 2. The van der Waals surface area contributed by atoms with Gasteiger partial charge in [0.2, 0.25) is 0 Å². The van der Waals surface area contributed by atoms with Crippen molar-refractivity contribution in [3.8, 4) is 16.8 Å². The summed E-state index contributed by atoms with van der Waals surface area (Å²) >= 11 is 0. The summed E-state index contributed by atoms with van der Waals surface area (Å²) < 4.78 is 2.37. The van der Waals surface area contributed by atoms with Gasteiger partial charge in [-0.15, -0.1) is 0 Å². The molecule has 0 N–H and O–H groups in total. The zero-order valence-corrected chi connectivity index (χ0v) is 22.7. The van der Waals surface area contributed by atoms with Crippen molar-refractivity contribution >= 4 is 21.8 Å². The summed E-state index contributed by atoms with van der Waals surface area (Å²) in [7, 11) is 0. The van der Waals surface area contributed by atoms with E-state index in [1.54, 1.807) is 0 Å². The lowest BCUT2D eigenvalue weighted by atomic mass is 10.0. The van der Waals surface area contributed by atoms with E-state index in [2.05, 4.69) is 109 Å². The zero-order valence-electron chi connectivity index (χ0n) is 22.7. The number of benzene rings is 4. The molecule has 1 heterocycles. The van der Waals surface area contributed by atoms with E-state index in [1.807, 2.05) is 55.4 Å². The van der Waals surface area contributed by atoms with E-state index < -0.39 is 0 Å². The van der Waals surface area contributed by atoms with Crippen LogP contribution < -0.4 is 0 Å². The molecule has 0 saturated carbocycles. The van der Waals surface area contributed by atoms with E-state index in [1.165, 1.54) is 44.2 Å². The van der Waals surface area contributed by atoms with E-state index in [9.17, 15) is 0 Å². The fraction of sp³-hybridized carbons (Fsp3) is 0.273. The van der Waals surface area contributed by atoms with Gasteiger partial charge in [0.1, 0.15) is 0 Å². The molecule has 180 valence electrons. The number of fused-ring (bicyclic) bond motifs is 3. The van der Waals surface area contributed by atoms with Crippen molar-refractivity contribution < 1.29 is 0 Å². The molecule has 0 radical (unpaired) electrons. The Labute approximate surface area is 208 Å². The summed E-state index contributed by atoms with van der Waals surface area (Å²) in [5.41, 5.74) is 7.47. The van der Waals surface area contributed by atoms with E-state index in [4.69, 9.17) is 0 Å². The molecule has 4 aromatic carbocycles. The van der Waals surface area contributed by atoms with Crippen LogP contribution in [0.2, 0.25) is 0 Å². The van der Waals surface area contributed by atoms with Crippen molar-refractivity contribution in [3.63, 3.8) is 0 Å². The molecule has 5 rings (SSSR count). The molecule has 0 amide bonds. The topological polar surface area (TPSA) is 4.93 Å². The van der Waals surface area contributed by atoms with Crippen molar-refractivity contribution in [2.24, 2.45) is 0 Å². The Bertz CT molecular complexity index is 1190. The fourth-order valence-electron chi connectivity index (χ4n) is 3.85. The van der Waals surface area contributed by atoms with Crippen LogP contribution in [0.3, 0.4) is 0 Å². The summed E-state index contributed by atoms with van der Waals surface area (Å²) in [6, 6.07) is 34.8. The second-order valence-corrected chi connectivity index (χ2v) is 6.79. The van der Waals surface area contributed by atoms with E-state index in [0.717, 1.165) is 0 Å². The van der Waals surface area contributed by atoms with Gasteiger partial charge in [0, 0.05) is 16.5 Å². The average Bonchev–Trinajstić information content (AvgIpc) is 3.28. The first-order valence-electron chi connectivity index (χ1n) is 13.0. The van der Waals surface area contributed by atoms with Gasteiger partial charge in [0.25, 0.3) is 0 Å². The van der Waals surface area contributed by atoms with Gasteiger partial charge in [-0.3, -0.25) is 0 Å². The standard InChI is InChI=1S/C25H19N.4C2H6/c1-18-8-6-9-19(16-18)20-10-7-11-21(17-20)26-24-14-4-2-12-22(24)23-13-3-5-15-25(23)26;4*1-2/h2-17H,1H3;4*1-2H3. The summed E-state index contributed by atoms with van der Waals surface area (Å²) in [5, 5.41) is 2.59. The molecule has 5 aromatic rings. The summed E-state index contributed by atoms with van der Waals surface area (Å²) in [6.45, 7) is 18.1. The molecule has 0 aliphatic carbocycles. The van der Waals surface area contributed by atoms with Gasteiger partial charge in [0.05, 0.1) is 11.0 Å². The van der Waals surface area contributed by atoms with Crippen LogP contribution in [0.15, 0.2) is 97.1 Å². The molecule has 0 bridgehead atoms. The van der Waals surface area contributed by atoms with Crippen LogP contribution in [-0.4, -0.2) is 4.57 Å². The number of aryl methyl sites for hydroxylation is 1. The molecule has 1 nitrogen and oxygen atoms in total. The lowest BCUT2D eigenvalue weighted by Gasteiger charge is -2.10. The molecule has 0 aliphatic heterocycles. The van der Waals surface area contributed by atoms with Crippen molar-refractivity contribution in [2.45, 2.75) is 62.3 Å². The summed E-state index contributed by atoms with van der Waals surface area (Å²) in [4.78, 5) is 0. The lowest BCUT2D eigenvalue weighted by molar-refractivity contribution is 1.18. The Morgan fingerprint density at radius 1 is 0.441 bits per heavy atom. The minimum Gasteiger partial charge on any atom is -0.309 e. The third-order valence-corrected chi connectivity index (χ3v) is 5.04. The van der Waals surface area contributed by atoms with Gasteiger partial charge in [-0.2, -0.15) is 0 Å². The van der Waals surface area contributed by atoms with Gasteiger partial charge < -0.3 is 4.57 Å². The largest absolute Gasteiger partial charge is 0.309 e. The van der Waals surface area contributed by atoms with Crippen LogP contribution in [0.1, 0.15) is 61.0 Å².